The summed E-state index contributed by atoms with van der Waals surface area (Å²) in [5.41, 5.74) is 0. The summed E-state index contributed by atoms with van der Waals surface area (Å²) in [5.74, 6) is 1.25. The Balaban J connectivity index is 3.12. The first-order valence-electron chi connectivity index (χ1n) is 3.90. The Morgan fingerprint density at radius 1 is 1.20 bits per heavy atom. The first-order valence-corrected chi connectivity index (χ1v) is 4.44. The average Bonchev–Trinajstić information content (AvgIpc) is 1.85. The van der Waals surface area contributed by atoms with Crippen LogP contribution in [0.2, 0.25) is 0 Å². The molecule has 10 heavy (non-hydrogen) atoms. The summed E-state index contributed by atoms with van der Waals surface area (Å²) < 4.78 is 0. The van der Waals surface area contributed by atoms with Gasteiger partial charge in [-0.2, -0.15) is 0 Å². The summed E-state index contributed by atoms with van der Waals surface area (Å²) in [4.78, 5) is 0. The van der Waals surface area contributed by atoms with Crippen molar-refractivity contribution in [3.63, 3.8) is 0 Å². The van der Waals surface area contributed by atoms with Crippen molar-refractivity contribution < 1.29 is 5.11 Å². The summed E-state index contributed by atoms with van der Waals surface area (Å²) in [7, 11) is 0. The number of aliphatic hydroxyl groups excluding tert-OH is 1. The summed E-state index contributed by atoms with van der Waals surface area (Å²) in [6, 6.07) is 0. The largest absolute Gasteiger partial charge is 0.393 e. The van der Waals surface area contributed by atoms with E-state index in [2.05, 4.69) is 13.8 Å². The molecule has 0 aromatic heterocycles. The topological polar surface area (TPSA) is 20.2 Å². The molecule has 0 spiro atoms. The fourth-order valence-corrected chi connectivity index (χ4v) is 1.05. The maximum Gasteiger partial charge on any atom is 0.0551 e. The molecule has 0 aliphatic carbocycles. The minimum atomic E-state index is -0.181. The molecule has 1 unspecified atom stereocenters. The van der Waals surface area contributed by atoms with Gasteiger partial charge in [0.2, 0.25) is 0 Å². The molecule has 0 saturated carbocycles. The first kappa shape index (κ1) is 10.2. The van der Waals surface area contributed by atoms with Crippen molar-refractivity contribution in [1.29, 1.82) is 0 Å². The zero-order valence-electron chi connectivity index (χ0n) is 6.81. The third-order valence-electron chi connectivity index (χ3n) is 1.52. The average molecular weight is 165 g/mol. The van der Waals surface area contributed by atoms with Crippen molar-refractivity contribution in [2.45, 2.75) is 39.2 Å². The highest BCUT2D eigenvalue weighted by atomic mass is 35.5. The van der Waals surface area contributed by atoms with Gasteiger partial charge in [-0.15, -0.1) is 11.6 Å². The molecule has 0 rings (SSSR count). The Hall–Kier alpha value is 0.250. The van der Waals surface area contributed by atoms with Crippen molar-refractivity contribution in [3.05, 3.63) is 0 Å². The molecule has 1 atom stereocenters. The molecular formula is C8H17ClO. The Morgan fingerprint density at radius 3 is 2.20 bits per heavy atom. The van der Waals surface area contributed by atoms with E-state index >= 15 is 0 Å². The van der Waals surface area contributed by atoms with Crippen LogP contribution in [-0.4, -0.2) is 17.1 Å². The van der Waals surface area contributed by atoms with Gasteiger partial charge in [0.05, 0.1) is 6.10 Å². The van der Waals surface area contributed by atoms with E-state index in [0.717, 1.165) is 19.3 Å². The van der Waals surface area contributed by atoms with Crippen molar-refractivity contribution in [3.8, 4) is 0 Å². The van der Waals surface area contributed by atoms with E-state index in [1.807, 2.05) is 0 Å². The molecule has 2 heteroatoms. The Morgan fingerprint density at radius 2 is 1.80 bits per heavy atom. The van der Waals surface area contributed by atoms with Gasteiger partial charge in [0.25, 0.3) is 0 Å². The number of rotatable bonds is 5. The zero-order valence-corrected chi connectivity index (χ0v) is 7.56. The van der Waals surface area contributed by atoms with Gasteiger partial charge >= 0.3 is 0 Å². The number of hydrogen-bond acceptors (Lipinski definition) is 1. The van der Waals surface area contributed by atoms with E-state index in [4.69, 9.17) is 11.6 Å². The molecule has 1 nitrogen and oxygen atoms in total. The molecule has 62 valence electrons. The molecule has 0 amide bonds. The normalized spacial score (nSPS) is 14.1. The van der Waals surface area contributed by atoms with Gasteiger partial charge in [-0.1, -0.05) is 13.8 Å². The lowest BCUT2D eigenvalue weighted by Crippen LogP contribution is -2.08. The van der Waals surface area contributed by atoms with E-state index < -0.39 is 0 Å². The number of alkyl halides is 1. The maximum absolute atomic E-state index is 9.21. The molecule has 0 radical (unpaired) electrons. The molecular weight excluding hydrogens is 148 g/mol. The van der Waals surface area contributed by atoms with E-state index in [-0.39, 0.29) is 6.10 Å². The highest BCUT2D eigenvalue weighted by Gasteiger charge is 2.03. The Bertz CT molecular complexity index is 73.7. The monoisotopic (exact) mass is 164 g/mol. The van der Waals surface area contributed by atoms with Crippen LogP contribution >= 0.6 is 11.6 Å². The number of hydrogen-bond donors (Lipinski definition) is 1. The van der Waals surface area contributed by atoms with Gasteiger partial charge in [0.15, 0.2) is 0 Å². The quantitative estimate of drug-likeness (QED) is 0.619. The maximum atomic E-state index is 9.21. The first-order chi connectivity index (χ1) is 4.66. The third-order valence-corrected chi connectivity index (χ3v) is 1.74. The van der Waals surface area contributed by atoms with Gasteiger partial charge in [-0.25, -0.2) is 0 Å². The van der Waals surface area contributed by atoms with E-state index in [1.54, 1.807) is 0 Å². The van der Waals surface area contributed by atoms with E-state index in [9.17, 15) is 5.11 Å². The highest BCUT2D eigenvalue weighted by Crippen LogP contribution is 2.09. The lowest BCUT2D eigenvalue weighted by molar-refractivity contribution is 0.153. The van der Waals surface area contributed by atoms with Gasteiger partial charge < -0.3 is 5.11 Å². The molecule has 1 N–H and O–H groups in total. The van der Waals surface area contributed by atoms with Gasteiger partial charge in [0, 0.05) is 5.88 Å². The molecule has 0 aromatic rings. The number of halogens is 1. The van der Waals surface area contributed by atoms with Crippen molar-refractivity contribution in [2.24, 2.45) is 5.92 Å². The lowest BCUT2D eigenvalue weighted by atomic mass is 10.0. The molecule has 0 aliphatic heterocycles. The van der Waals surface area contributed by atoms with Crippen LogP contribution in [-0.2, 0) is 0 Å². The molecule has 0 saturated heterocycles. The second-order valence-corrected chi connectivity index (χ2v) is 3.48. The standard InChI is InChI=1S/C8H17ClO/c1-7(2)3-4-8(10)5-6-9/h7-8,10H,3-6H2,1-2H3. The molecule has 0 bridgehead atoms. The molecule has 0 aromatic carbocycles. The second-order valence-electron chi connectivity index (χ2n) is 3.10. The van der Waals surface area contributed by atoms with Crippen LogP contribution in [0, 0.1) is 5.92 Å². The number of aliphatic hydroxyl groups is 1. The van der Waals surface area contributed by atoms with Gasteiger partial charge in [-0.3, -0.25) is 0 Å². The summed E-state index contributed by atoms with van der Waals surface area (Å²) >= 11 is 5.45. The van der Waals surface area contributed by atoms with Crippen molar-refractivity contribution in [2.75, 3.05) is 5.88 Å². The van der Waals surface area contributed by atoms with Crippen LogP contribution in [0.3, 0.4) is 0 Å². The SMILES string of the molecule is CC(C)CCC(O)CCCl. The van der Waals surface area contributed by atoms with Crippen molar-refractivity contribution in [1.82, 2.24) is 0 Å². The highest BCUT2D eigenvalue weighted by molar-refractivity contribution is 6.17. The second kappa shape index (κ2) is 5.99. The molecule has 0 aliphatic rings. The fraction of sp³-hybridized carbons (Fsp3) is 1.00. The van der Waals surface area contributed by atoms with Crippen molar-refractivity contribution >= 4 is 11.6 Å². The Labute approximate surface area is 68.4 Å². The predicted octanol–water partition coefficient (Wildman–Crippen LogP) is 2.41. The summed E-state index contributed by atoms with van der Waals surface area (Å²) in [5, 5.41) is 9.21. The van der Waals surface area contributed by atoms with Gasteiger partial charge in [-0.05, 0) is 25.2 Å². The zero-order chi connectivity index (χ0) is 7.98. The van der Waals surface area contributed by atoms with Gasteiger partial charge in [0.1, 0.15) is 0 Å². The van der Waals surface area contributed by atoms with Crippen LogP contribution in [0.5, 0.6) is 0 Å². The van der Waals surface area contributed by atoms with Crippen LogP contribution in [0.4, 0.5) is 0 Å². The van der Waals surface area contributed by atoms with E-state index in [1.165, 1.54) is 0 Å². The smallest absolute Gasteiger partial charge is 0.0551 e. The summed E-state index contributed by atoms with van der Waals surface area (Å²) in [6.07, 6.45) is 2.54. The van der Waals surface area contributed by atoms with Crippen LogP contribution in [0.25, 0.3) is 0 Å². The van der Waals surface area contributed by atoms with Crippen LogP contribution in [0.1, 0.15) is 33.1 Å². The van der Waals surface area contributed by atoms with E-state index in [0.29, 0.717) is 11.8 Å². The molecule has 0 heterocycles. The lowest BCUT2D eigenvalue weighted by Gasteiger charge is -2.09. The minimum absolute atomic E-state index is 0.181. The predicted molar refractivity (Wildman–Crippen MR) is 45.4 cm³/mol. The van der Waals surface area contributed by atoms with Crippen LogP contribution in [0.15, 0.2) is 0 Å². The third kappa shape index (κ3) is 6.37. The molecule has 0 fully saturated rings. The van der Waals surface area contributed by atoms with Crippen LogP contribution < -0.4 is 0 Å². The minimum Gasteiger partial charge on any atom is -0.393 e. The summed E-state index contributed by atoms with van der Waals surface area (Å²) in [6.45, 7) is 4.32. The Kier molecular flexibility index (Phi) is 6.14. The fourth-order valence-electron chi connectivity index (χ4n) is 0.796.